The lowest BCUT2D eigenvalue weighted by atomic mass is 10.2. The Bertz CT molecular complexity index is 901. The molecule has 0 bridgehead atoms. The van der Waals surface area contributed by atoms with Crippen molar-refractivity contribution in [1.82, 2.24) is 19.6 Å². The van der Waals surface area contributed by atoms with Crippen LogP contribution in [0.1, 0.15) is 11.3 Å². The lowest BCUT2D eigenvalue weighted by molar-refractivity contribution is -0.141. The van der Waals surface area contributed by atoms with E-state index in [1.54, 1.807) is 22.9 Å². The van der Waals surface area contributed by atoms with Crippen LogP contribution in [0.3, 0.4) is 0 Å². The van der Waals surface area contributed by atoms with Gasteiger partial charge in [-0.15, -0.1) is 0 Å². The molecule has 3 rings (SSSR count). The number of hydrogen-bond acceptors (Lipinski definition) is 3. The molecule has 2 aromatic heterocycles. The molecule has 1 aromatic carbocycles. The highest BCUT2D eigenvalue weighted by atomic mass is 35.5. The minimum atomic E-state index is -4.54. The smallest absolute Gasteiger partial charge is 0.309 e. The third kappa shape index (κ3) is 4.42. The van der Waals surface area contributed by atoms with Gasteiger partial charge < -0.3 is 5.32 Å². The molecule has 0 aliphatic carbocycles. The second kappa shape index (κ2) is 7.20. The van der Waals surface area contributed by atoms with Crippen molar-refractivity contribution in [2.45, 2.75) is 19.3 Å². The van der Waals surface area contributed by atoms with Gasteiger partial charge in [0.15, 0.2) is 5.69 Å². The molecule has 10 heteroatoms. The summed E-state index contributed by atoms with van der Waals surface area (Å²) in [5, 5.41) is 10.7. The van der Waals surface area contributed by atoms with Crippen LogP contribution in [-0.4, -0.2) is 25.5 Å². The fourth-order valence-electron chi connectivity index (χ4n) is 2.26. The van der Waals surface area contributed by atoms with Gasteiger partial charge in [0.25, 0.3) is 0 Å². The SMILES string of the molecule is O=C(Cn1ccc(C(F)(F)F)n1)Nc1ccnn1Cc1ccc(Cl)cc1. The maximum atomic E-state index is 12.5. The lowest BCUT2D eigenvalue weighted by Crippen LogP contribution is -2.21. The van der Waals surface area contributed by atoms with Crippen molar-refractivity contribution in [3.8, 4) is 0 Å². The van der Waals surface area contributed by atoms with Crippen LogP contribution in [0, 0.1) is 0 Å². The van der Waals surface area contributed by atoms with Gasteiger partial charge in [0.2, 0.25) is 5.91 Å². The van der Waals surface area contributed by atoms with Crippen molar-refractivity contribution < 1.29 is 18.0 Å². The molecule has 136 valence electrons. The van der Waals surface area contributed by atoms with Crippen molar-refractivity contribution in [1.29, 1.82) is 0 Å². The van der Waals surface area contributed by atoms with Crippen molar-refractivity contribution in [2.24, 2.45) is 0 Å². The van der Waals surface area contributed by atoms with E-state index in [1.807, 2.05) is 12.1 Å². The van der Waals surface area contributed by atoms with E-state index in [0.717, 1.165) is 22.5 Å². The van der Waals surface area contributed by atoms with Crippen LogP contribution < -0.4 is 5.32 Å². The molecule has 2 heterocycles. The Balaban J connectivity index is 1.64. The lowest BCUT2D eigenvalue weighted by Gasteiger charge is -2.09. The molecule has 0 aliphatic heterocycles. The van der Waals surface area contributed by atoms with Crippen LogP contribution in [0.25, 0.3) is 0 Å². The van der Waals surface area contributed by atoms with Crippen molar-refractivity contribution >= 4 is 23.3 Å². The minimum absolute atomic E-state index is 0.345. The number of carbonyl (C=O) groups excluding carboxylic acids is 1. The Labute approximate surface area is 151 Å². The number of aromatic nitrogens is 4. The predicted molar refractivity (Wildman–Crippen MR) is 88.6 cm³/mol. The molecule has 3 aromatic rings. The first-order chi connectivity index (χ1) is 12.3. The van der Waals surface area contributed by atoms with Gasteiger partial charge in [0.05, 0.1) is 12.7 Å². The summed E-state index contributed by atoms with van der Waals surface area (Å²) in [5.74, 6) is -0.0900. The summed E-state index contributed by atoms with van der Waals surface area (Å²) in [6.45, 7) is 0.0575. The Morgan fingerprint density at radius 3 is 2.54 bits per heavy atom. The van der Waals surface area contributed by atoms with Gasteiger partial charge in [0.1, 0.15) is 12.4 Å². The van der Waals surface area contributed by atoms with Crippen molar-refractivity contribution in [3.05, 3.63) is 65.1 Å². The number of carbonyl (C=O) groups is 1. The van der Waals surface area contributed by atoms with Crippen LogP contribution in [0.4, 0.5) is 19.0 Å². The van der Waals surface area contributed by atoms with Gasteiger partial charge in [-0.1, -0.05) is 23.7 Å². The second-order valence-electron chi connectivity index (χ2n) is 5.45. The van der Waals surface area contributed by atoms with E-state index in [0.29, 0.717) is 17.4 Å². The molecule has 0 aliphatic rings. The summed E-state index contributed by atoms with van der Waals surface area (Å²) >= 11 is 5.84. The third-order valence-electron chi connectivity index (χ3n) is 3.47. The Hall–Kier alpha value is -2.81. The molecule has 26 heavy (non-hydrogen) atoms. The largest absolute Gasteiger partial charge is 0.435 e. The molecular weight excluding hydrogens is 371 g/mol. The quantitative estimate of drug-likeness (QED) is 0.734. The zero-order valence-electron chi connectivity index (χ0n) is 13.2. The number of rotatable bonds is 5. The Morgan fingerprint density at radius 2 is 1.88 bits per heavy atom. The molecule has 6 nitrogen and oxygen atoms in total. The summed E-state index contributed by atoms with van der Waals surface area (Å²) in [4.78, 5) is 12.1. The first-order valence-corrected chi connectivity index (χ1v) is 7.86. The third-order valence-corrected chi connectivity index (χ3v) is 3.72. The van der Waals surface area contributed by atoms with Crippen LogP contribution in [0.15, 0.2) is 48.8 Å². The summed E-state index contributed by atoms with van der Waals surface area (Å²) < 4.78 is 40.1. The number of amides is 1. The second-order valence-corrected chi connectivity index (χ2v) is 5.88. The molecule has 0 fully saturated rings. The zero-order chi connectivity index (χ0) is 18.7. The van der Waals surface area contributed by atoms with Crippen LogP contribution >= 0.6 is 11.6 Å². The van der Waals surface area contributed by atoms with E-state index in [9.17, 15) is 18.0 Å². The average molecular weight is 384 g/mol. The molecule has 1 N–H and O–H groups in total. The number of anilines is 1. The highest BCUT2D eigenvalue weighted by Crippen LogP contribution is 2.27. The highest BCUT2D eigenvalue weighted by molar-refractivity contribution is 6.30. The predicted octanol–water partition coefficient (Wildman–Crippen LogP) is 3.44. The standard InChI is InChI=1S/C16H13ClF3N5O/c17-12-3-1-11(2-4-12)9-25-14(5-7-21-25)22-15(26)10-24-8-6-13(23-24)16(18,19)20/h1-8H,9-10H2,(H,22,26). The van der Waals surface area contributed by atoms with Crippen molar-refractivity contribution in [2.75, 3.05) is 5.32 Å². The minimum Gasteiger partial charge on any atom is -0.309 e. The first-order valence-electron chi connectivity index (χ1n) is 7.48. The zero-order valence-corrected chi connectivity index (χ0v) is 14.0. The first kappa shape index (κ1) is 18.0. The van der Waals surface area contributed by atoms with Gasteiger partial charge in [0, 0.05) is 17.3 Å². The van der Waals surface area contributed by atoms with E-state index in [4.69, 9.17) is 11.6 Å². The van der Waals surface area contributed by atoms with Crippen LogP contribution in [0.5, 0.6) is 0 Å². The number of nitrogens with one attached hydrogen (secondary N) is 1. The maximum Gasteiger partial charge on any atom is 0.435 e. The van der Waals surface area contributed by atoms with Gasteiger partial charge in [-0.25, -0.2) is 4.68 Å². The molecule has 0 saturated heterocycles. The van der Waals surface area contributed by atoms with Gasteiger partial charge in [-0.3, -0.25) is 9.48 Å². The fourth-order valence-corrected chi connectivity index (χ4v) is 2.38. The summed E-state index contributed by atoms with van der Waals surface area (Å²) in [6.07, 6.45) is -1.92. The summed E-state index contributed by atoms with van der Waals surface area (Å²) in [6, 6.07) is 9.56. The summed E-state index contributed by atoms with van der Waals surface area (Å²) in [5.41, 5.74) is -0.117. The molecule has 0 saturated carbocycles. The van der Waals surface area contributed by atoms with Crippen molar-refractivity contribution in [3.63, 3.8) is 0 Å². The van der Waals surface area contributed by atoms with Crippen LogP contribution in [-0.2, 0) is 24.1 Å². The number of benzene rings is 1. The number of alkyl halides is 3. The maximum absolute atomic E-state index is 12.5. The molecule has 0 atom stereocenters. The van der Waals surface area contributed by atoms with E-state index in [1.165, 1.54) is 6.20 Å². The monoisotopic (exact) mass is 383 g/mol. The van der Waals surface area contributed by atoms with E-state index >= 15 is 0 Å². The van der Waals surface area contributed by atoms with E-state index in [-0.39, 0.29) is 6.54 Å². The number of nitrogens with zero attached hydrogens (tertiary/aromatic N) is 4. The highest BCUT2D eigenvalue weighted by Gasteiger charge is 2.33. The molecule has 0 radical (unpaired) electrons. The molecule has 1 amide bonds. The van der Waals surface area contributed by atoms with Crippen LogP contribution in [0.2, 0.25) is 5.02 Å². The number of halogens is 4. The van der Waals surface area contributed by atoms with Gasteiger partial charge in [-0.05, 0) is 23.8 Å². The molecule has 0 spiro atoms. The average Bonchev–Trinajstić information content (AvgIpc) is 3.19. The fraction of sp³-hybridized carbons (Fsp3) is 0.188. The topological polar surface area (TPSA) is 64.7 Å². The van der Waals surface area contributed by atoms with Gasteiger partial charge >= 0.3 is 6.18 Å². The Kier molecular flexibility index (Phi) is 4.99. The van der Waals surface area contributed by atoms with E-state index in [2.05, 4.69) is 15.5 Å². The molecule has 0 unspecified atom stereocenters. The summed E-state index contributed by atoms with van der Waals surface area (Å²) in [7, 11) is 0. The van der Waals surface area contributed by atoms with Gasteiger partial charge in [-0.2, -0.15) is 23.4 Å². The molecular formula is C16H13ClF3N5O. The normalized spacial score (nSPS) is 11.5. The Morgan fingerprint density at radius 1 is 1.15 bits per heavy atom. The number of hydrogen-bond donors (Lipinski definition) is 1. The van der Waals surface area contributed by atoms with E-state index < -0.39 is 17.8 Å².